The smallest absolute Gasteiger partial charge is 0.146 e. The lowest BCUT2D eigenvalue weighted by molar-refractivity contribution is 0.398. The maximum atomic E-state index is 9.39. The Morgan fingerprint density at radius 2 is 2.14 bits per heavy atom. The molecule has 76 valence electrons. The van der Waals surface area contributed by atoms with E-state index in [2.05, 4.69) is 0 Å². The van der Waals surface area contributed by atoms with Crippen molar-refractivity contribution in [2.24, 2.45) is 5.73 Å². The van der Waals surface area contributed by atoms with Crippen molar-refractivity contribution >= 4 is 11.6 Å². The Morgan fingerprint density at radius 1 is 1.50 bits per heavy atom. The predicted octanol–water partition coefficient (Wildman–Crippen LogP) is 2.00. The molecule has 1 saturated carbocycles. The van der Waals surface area contributed by atoms with Crippen LogP contribution in [0.5, 0.6) is 11.5 Å². The number of nitrogens with two attached hydrogens (primary N) is 1. The van der Waals surface area contributed by atoms with Crippen LogP contribution < -0.4 is 10.5 Å². The second-order valence-corrected chi connectivity index (χ2v) is 4.01. The molecule has 1 aliphatic rings. The third kappa shape index (κ3) is 1.33. The van der Waals surface area contributed by atoms with Crippen LogP contribution in [-0.2, 0) is 5.54 Å². The molecular weight excluding hydrogens is 202 g/mol. The van der Waals surface area contributed by atoms with Crippen molar-refractivity contribution in [2.45, 2.75) is 18.4 Å². The van der Waals surface area contributed by atoms with E-state index in [9.17, 15) is 5.11 Å². The average molecular weight is 214 g/mol. The Kier molecular flexibility index (Phi) is 2.09. The molecule has 3 nitrogen and oxygen atoms in total. The third-order valence-electron chi connectivity index (χ3n) is 2.61. The quantitative estimate of drug-likeness (QED) is 0.790. The predicted molar refractivity (Wildman–Crippen MR) is 54.8 cm³/mol. The summed E-state index contributed by atoms with van der Waals surface area (Å²) in [5.41, 5.74) is 6.62. The SMILES string of the molecule is COc1c(C2(N)CC2)ccc(O)c1Cl. The summed E-state index contributed by atoms with van der Waals surface area (Å²) in [5, 5.41) is 9.63. The van der Waals surface area contributed by atoms with E-state index in [1.165, 1.54) is 7.11 Å². The maximum Gasteiger partial charge on any atom is 0.146 e. The van der Waals surface area contributed by atoms with E-state index in [0.717, 1.165) is 18.4 Å². The molecule has 0 saturated heterocycles. The highest BCUT2D eigenvalue weighted by Crippen LogP contribution is 2.49. The summed E-state index contributed by atoms with van der Waals surface area (Å²) in [6, 6.07) is 3.32. The standard InChI is InChI=1S/C10H12ClNO2/c1-14-9-6(10(12)4-5-10)2-3-7(13)8(9)11/h2-3,13H,4-5,12H2,1H3. The fourth-order valence-corrected chi connectivity index (χ4v) is 1.78. The van der Waals surface area contributed by atoms with E-state index in [4.69, 9.17) is 22.1 Å². The number of phenolic OH excluding ortho intramolecular Hbond substituents is 1. The maximum absolute atomic E-state index is 9.39. The molecule has 2 rings (SSSR count). The molecular formula is C10H12ClNO2. The summed E-state index contributed by atoms with van der Waals surface area (Å²) < 4.78 is 5.15. The molecule has 14 heavy (non-hydrogen) atoms. The van der Waals surface area contributed by atoms with Crippen LogP contribution in [0.3, 0.4) is 0 Å². The van der Waals surface area contributed by atoms with Gasteiger partial charge in [-0.2, -0.15) is 0 Å². The first-order valence-electron chi connectivity index (χ1n) is 4.43. The molecule has 0 spiro atoms. The lowest BCUT2D eigenvalue weighted by Crippen LogP contribution is -2.19. The van der Waals surface area contributed by atoms with Crippen LogP contribution in [0.15, 0.2) is 12.1 Å². The Hall–Kier alpha value is -0.930. The van der Waals surface area contributed by atoms with Gasteiger partial charge in [-0.1, -0.05) is 11.6 Å². The highest BCUT2D eigenvalue weighted by molar-refractivity contribution is 6.33. The first-order valence-corrected chi connectivity index (χ1v) is 4.81. The van der Waals surface area contributed by atoms with E-state index in [-0.39, 0.29) is 16.3 Å². The van der Waals surface area contributed by atoms with Gasteiger partial charge in [0.25, 0.3) is 0 Å². The third-order valence-corrected chi connectivity index (χ3v) is 2.97. The van der Waals surface area contributed by atoms with Gasteiger partial charge in [0, 0.05) is 11.1 Å². The van der Waals surface area contributed by atoms with E-state index in [1.54, 1.807) is 12.1 Å². The van der Waals surface area contributed by atoms with Crippen LogP contribution in [0.2, 0.25) is 5.02 Å². The number of ether oxygens (including phenoxy) is 1. The fourth-order valence-electron chi connectivity index (χ4n) is 1.54. The Morgan fingerprint density at radius 3 is 2.64 bits per heavy atom. The van der Waals surface area contributed by atoms with Gasteiger partial charge in [0.1, 0.15) is 16.5 Å². The van der Waals surface area contributed by atoms with Crippen molar-refractivity contribution in [2.75, 3.05) is 7.11 Å². The summed E-state index contributed by atoms with van der Waals surface area (Å²) in [5.74, 6) is 0.517. The van der Waals surface area contributed by atoms with Crippen LogP contribution in [-0.4, -0.2) is 12.2 Å². The summed E-state index contributed by atoms with van der Waals surface area (Å²) in [6.45, 7) is 0. The summed E-state index contributed by atoms with van der Waals surface area (Å²) >= 11 is 5.90. The molecule has 0 atom stereocenters. The van der Waals surface area contributed by atoms with E-state index >= 15 is 0 Å². The number of rotatable bonds is 2. The van der Waals surface area contributed by atoms with Crippen LogP contribution in [0.25, 0.3) is 0 Å². The monoisotopic (exact) mass is 213 g/mol. The molecule has 0 unspecified atom stereocenters. The minimum absolute atomic E-state index is 0.0246. The Balaban J connectivity index is 2.55. The minimum atomic E-state index is -0.303. The number of hydrogen-bond donors (Lipinski definition) is 2. The van der Waals surface area contributed by atoms with Crippen molar-refractivity contribution < 1.29 is 9.84 Å². The molecule has 3 N–H and O–H groups in total. The summed E-state index contributed by atoms with van der Waals surface area (Å²) in [4.78, 5) is 0. The molecule has 1 aromatic carbocycles. The molecule has 0 radical (unpaired) electrons. The zero-order valence-electron chi connectivity index (χ0n) is 7.88. The minimum Gasteiger partial charge on any atom is -0.506 e. The zero-order chi connectivity index (χ0) is 10.3. The number of aromatic hydroxyl groups is 1. The molecule has 1 aromatic rings. The van der Waals surface area contributed by atoms with Gasteiger partial charge in [0.05, 0.1) is 7.11 Å². The largest absolute Gasteiger partial charge is 0.506 e. The summed E-state index contributed by atoms with van der Waals surface area (Å²) in [7, 11) is 1.52. The van der Waals surface area contributed by atoms with Gasteiger partial charge < -0.3 is 15.6 Å². The molecule has 0 aromatic heterocycles. The van der Waals surface area contributed by atoms with Gasteiger partial charge in [-0.05, 0) is 25.0 Å². The normalized spacial score (nSPS) is 17.9. The van der Waals surface area contributed by atoms with Gasteiger partial charge in [-0.25, -0.2) is 0 Å². The second-order valence-electron chi connectivity index (χ2n) is 3.64. The first-order chi connectivity index (χ1) is 6.58. The highest BCUT2D eigenvalue weighted by Gasteiger charge is 2.42. The van der Waals surface area contributed by atoms with E-state index in [1.807, 2.05) is 0 Å². The second kappa shape index (κ2) is 3.04. The summed E-state index contributed by atoms with van der Waals surface area (Å²) in [6.07, 6.45) is 1.87. The topological polar surface area (TPSA) is 55.5 Å². The lowest BCUT2D eigenvalue weighted by Gasteiger charge is -2.15. The zero-order valence-corrected chi connectivity index (χ0v) is 8.64. The number of phenols is 1. The van der Waals surface area contributed by atoms with Crippen molar-refractivity contribution in [1.29, 1.82) is 0 Å². The van der Waals surface area contributed by atoms with E-state index in [0.29, 0.717) is 5.75 Å². The van der Waals surface area contributed by atoms with Gasteiger partial charge >= 0.3 is 0 Å². The van der Waals surface area contributed by atoms with Crippen LogP contribution in [0.4, 0.5) is 0 Å². The van der Waals surface area contributed by atoms with Crippen LogP contribution in [0, 0.1) is 0 Å². The number of benzene rings is 1. The van der Waals surface area contributed by atoms with Crippen LogP contribution >= 0.6 is 11.6 Å². The highest BCUT2D eigenvalue weighted by atomic mass is 35.5. The average Bonchev–Trinajstić information content (AvgIpc) is 2.89. The molecule has 0 amide bonds. The van der Waals surface area contributed by atoms with Gasteiger partial charge in [0.2, 0.25) is 0 Å². The van der Waals surface area contributed by atoms with Crippen LogP contribution in [0.1, 0.15) is 18.4 Å². The number of halogens is 1. The van der Waals surface area contributed by atoms with Gasteiger partial charge in [0.15, 0.2) is 0 Å². The number of methoxy groups -OCH3 is 1. The van der Waals surface area contributed by atoms with Gasteiger partial charge in [-0.15, -0.1) is 0 Å². The molecule has 1 fully saturated rings. The molecule has 1 aliphatic carbocycles. The van der Waals surface area contributed by atoms with Crippen molar-refractivity contribution in [1.82, 2.24) is 0 Å². The Bertz CT molecular complexity index is 375. The van der Waals surface area contributed by atoms with Crippen molar-refractivity contribution in [3.8, 4) is 11.5 Å². The molecule has 0 bridgehead atoms. The van der Waals surface area contributed by atoms with Gasteiger partial charge in [-0.3, -0.25) is 0 Å². The fraction of sp³-hybridized carbons (Fsp3) is 0.400. The van der Waals surface area contributed by atoms with E-state index < -0.39 is 0 Å². The molecule has 0 aliphatic heterocycles. The Labute approximate surface area is 87.4 Å². The van der Waals surface area contributed by atoms with Crippen molar-refractivity contribution in [3.05, 3.63) is 22.7 Å². The molecule has 4 heteroatoms. The molecule has 0 heterocycles. The lowest BCUT2D eigenvalue weighted by atomic mass is 10.0. The number of hydrogen-bond acceptors (Lipinski definition) is 3. The van der Waals surface area contributed by atoms with Crippen molar-refractivity contribution in [3.63, 3.8) is 0 Å². The first kappa shape index (κ1) is 9.62.